The Morgan fingerprint density at radius 1 is 1.04 bits per heavy atom. The van der Waals surface area contributed by atoms with Crippen LogP contribution in [0, 0.1) is 0 Å². The molecule has 1 aromatic heterocycles. The molecule has 0 radical (unpaired) electrons. The standard InChI is InChI=1S/C17H20Cl2N2O2.2ClH/c18-13-1-3-16(19)15(11-13)17-4-2-14(23-17)12-20-5-6-21-7-9-22-10-8-21;;/h1-4,11,20H,5-10,12H2;2*1H/p-2. The molecule has 3 rings (SSSR count). The average molecular weight is 426 g/mol. The van der Waals surface area contributed by atoms with Crippen LogP contribution in [0.3, 0.4) is 0 Å². The van der Waals surface area contributed by atoms with Crippen LogP contribution in [-0.4, -0.2) is 44.3 Å². The normalized spacial score (nSPS) is 14.6. The average Bonchev–Trinajstić information content (AvgIpc) is 3.03. The Morgan fingerprint density at radius 2 is 1.80 bits per heavy atom. The molecule has 0 aliphatic carbocycles. The van der Waals surface area contributed by atoms with Crippen LogP contribution < -0.4 is 30.1 Å². The number of ether oxygens (including phenoxy) is 1. The van der Waals surface area contributed by atoms with E-state index < -0.39 is 0 Å². The van der Waals surface area contributed by atoms with Crippen molar-refractivity contribution in [2.45, 2.75) is 6.54 Å². The molecule has 0 atom stereocenters. The van der Waals surface area contributed by atoms with Crippen molar-refractivity contribution in [3.05, 3.63) is 46.1 Å². The number of rotatable bonds is 6. The molecule has 4 nitrogen and oxygen atoms in total. The lowest BCUT2D eigenvalue weighted by Crippen LogP contribution is -3.00. The van der Waals surface area contributed by atoms with Gasteiger partial charge in [0.1, 0.15) is 11.5 Å². The predicted molar refractivity (Wildman–Crippen MR) is 93.1 cm³/mol. The Morgan fingerprint density at radius 3 is 2.56 bits per heavy atom. The van der Waals surface area contributed by atoms with E-state index in [-0.39, 0.29) is 24.8 Å². The molecule has 140 valence electrons. The minimum atomic E-state index is 0. The van der Waals surface area contributed by atoms with E-state index in [1.54, 1.807) is 12.1 Å². The van der Waals surface area contributed by atoms with Gasteiger partial charge in [-0.25, -0.2) is 0 Å². The number of nitrogens with zero attached hydrogens (tertiary/aromatic N) is 1. The van der Waals surface area contributed by atoms with Crippen LogP contribution in [-0.2, 0) is 11.3 Å². The van der Waals surface area contributed by atoms with Gasteiger partial charge in [0.25, 0.3) is 0 Å². The quantitative estimate of drug-likeness (QED) is 0.527. The molecule has 1 N–H and O–H groups in total. The van der Waals surface area contributed by atoms with Crippen LogP contribution in [0.2, 0.25) is 10.0 Å². The molecule has 1 aliphatic heterocycles. The van der Waals surface area contributed by atoms with Gasteiger partial charge in [-0.1, -0.05) is 23.2 Å². The third-order valence-corrected chi connectivity index (χ3v) is 4.43. The van der Waals surface area contributed by atoms with Crippen LogP contribution in [0.1, 0.15) is 5.76 Å². The van der Waals surface area contributed by atoms with Gasteiger partial charge in [-0.3, -0.25) is 4.90 Å². The van der Waals surface area contributed by atoms with Gasteiger partial charge >= 0.3 is 0 Å². The van der Waals surface area contributed by atoms with Crippen LogP contribution in [0.4, 0.5) is 0 Å². The molecular formula is C17H20Cl4N2O2-2. The molecule has 0 unspecified atom stereocenters. The van der Waals surface area contributed by atoms with E-state index in [9.17, 15) is 0 Å². The summed E-state index contributed by atoms with van der Waals surface area (Å²) in [5.41, 5.74) is 0.818. The second-order valence-corrected chi connectivity index (χ2v) is 6.36. The minimum Gasteiger partial charge on any atom is -1.00 e. The zero-order chi connectivity index (χ0) is 16.1. The number of hydrogen-bond acceptors (Lipinski definition) is 4. The summed E-state index contributed by atoms with van der Waals surface area (Å²) in [6, 6.07) is 9.26. The summed E-state index contributed by atoms with van der Waals surface area (Å²) in [6.45, 7) is 6.34. The Kier molecular flexibility index (Phi) is 10.2. The van der Waals surface area contributed by atoms with Crippen molar-refractivity contribution in [1.29, 1.82) is 0 Å². The minimum absolute atomic E-state index is 0. The summed E-state index contributed by atoms with van der Waals surface area (Å²) in [5.74, 6) is 1.63. The second kappa shape index (κ2) is 11.3. The van der Waals surface area contributed by atoms with Crippen molar-refractivity contribution in [3.63, 3.8) is 0 Å². The molecule has 1 aliphatic rings. The molecule has 0 amide bonds. The number of morpholine rings is 1. The first-order valence-electron chi connectivity index (χ1n) is 7.77. The fraction of sp³-hybridized carbons (Fsp3) is 0.412. The molecule has 2 aromatic rings. The van der Waals surface area contributed by atoms with Crippen molar-refractivity contribution in [2.75, 3.05) is 39.4 Å². The van der Waals surface area contributed by atoms with Crippen LogP contribution in [0.5, 0.6) is 0 Å². The SMILES string of the molecule is Clc1ccc(Cl)c(-c2ccc(CNCCN3CCOCC3)o2)c1.[Cl-].[Cl-]. The molecule has 0 bridgehead atoms. The van der Waals surface area contributed by atoms with Crippen LogP contribution >= 0.6 is 23.2 Å². The van der Waals surface area contributed by atoms with Crippen molar-refractivity contribution >= 4 is 23.2 Å². The summed E-state index contributed by atoms with van der Waals surface area (Å²) in [7, 11) is 0. The monoisotopic (exact) mass is 424 g/mol. The maximum absolute atomic E-state index is 6.20. The summed E-state index contributed by atoms with van der Waals surface area (Å²) in [4.78, 5) is 2.40. The van der Waals surface area contributed by atoms with Crippen LogP contribution in [0.15, 0.2) is 34.7 Å². The second-order valence-electron chi connectivity index (χ2n) is 5.52. The van der Waals surface area contributed by atoms with Crippen molar-refractivity contribution < 1.29 is 34.0 Å². The smallest absolute Gasteiger partial charge is 0.135 e. The summed E-state index contributed by atoms with van der Waals surface area (Å²) in [5, 5.41) is 4.68. The molecule has 25 heavy (non-hydrogen) atoms. The predicted octanol–water partition coefficient (Wildman–Crippen LogP) is -2.32. The number of halogens is 4. The summed E-state index contributed by atoms with van der Waals surface area (Å²) < 4.78 is 11.2. The third-order valence-electron chi connectivity index (χ3n) is 3.86. The lowest BCUT2D eigenvalue weighted by Gasteiger charge is -2.26. The van der Waals surface area contributed by atoms with E-state index in [1.807, 2.05) is 18.2 Å². The molecule has 0 saturated carbocycles. The van der Waals surface area contributed by atoms with Gasteiger partial charge in [0, 0.05) is 36.8 Å². The molecule has 8 heteroatoms. The number of benzene rings is 1. The molecule has 0 spiro atoms. The van der Waals surface area contributed by atoms with E-state index in [0.29, 0.717) is 16.6 Å². The van der Waals surface area contributed by atoms with E-state index >= 15 is 0 Å². The third kappa shape index (κ3) is 6.65. The first-order valence-corrected chi connectivity index (χ1v) is 8.53. The van der Waals surface area contributed by atoms with Gasteiger partial charge in [-0.15, -0.1) is 0 Å². The Hall–Kier alpha value is -0.460. The Labute approximate surface area is 170 Å². The van der Waals surface area contributed by atoms with Gasteiger partial charge in [0.05, 0.1) is 24.8 Å². The lowest BCUT2D eigenvalue weighted by molar-refractivity contribution is -0.001000. The van der Waals surface area contributed by atoms with Gasteiger partial charge in [0.15, 0.2) is 0 Å². The van der Waals surface area contributed by atoms with Crippen molar-refractivity contribution in [2.24, 2.45) is 0 Å². The van der Waals surface area contributed by atoms with Gasteiger partial charge in [-0.05, 0) is 30.3 Å². The summed E-state index contributed by atoms with van der Waals surface area (Å²) in [6.07, 6.45) is 0. The van der Waals surface area contributed by atoms with E-state index in [0.717, 1.165) is 56.5 Å². The van der Waals surface area contributed by atoms with E-state index in [1.165, 1.54) is 0 Å². The lowest BCUT2D eigenvalue weighted by atomic mass is 10.2. The summed E-state index contributed by atoms with van der Waals surface area (Å²) >= 11 is 12.2. The van der Waals surface area contributed by atoms with Crippen LogP contribution in [0.25, 0.3) is 11.3 Å². The first kappa shape index (κ1) is 22.6. The van der Waals surface area contributed by atoms with E-state index in [2.05, 4.69) is 10.2 Å². The molecule has 2 heterocycles. The fourth-order valence-electron chi connectivity index (χ4n) is 2.58. The Bertz CT molecular complexity index is 645. The highest BCUT2D eigenvalue weighted by atomic mass is 35.5. The highest BCUT2D eigenvalue weighted by Crippen LogP contribution is 2.31. The molecule has 1 saturated heterocycles. The van der Waals surface area contributed by atoms with Crippen molar-refractivity contribution in [3.8, 4) is 11.3 Å². The number of hydrogen-bond donors (Lipinski definition) is 1. The molecule has 1 fully saturated rings. The first-order chi connectivity index (χ1) is 11.2. The number of furan rings is 1. The molecular weight excluding hydrogens is 406 g/mol. The topological polar surface area (TPSA) is 37.6 Å². The van der Waals surface area contributed by atoms with E-state index in [4.69, 9.17) is 32.4 Å². The maximum Gasteiger partial charge on any atom is 0.135 e. The maximum atomic E-state index is 6.20. The molecule has 1 aromatic carbocycles. The van der Waals surface area contributed by atoms with Gasteiger partial charge in [0.2, 0.25) is 0 Å². The highest BCUT2D eigenvalue weighted by molar-refractivity contribution is 6.35. The zero-order valence-corrected chi connectivity index (χ0v) is 16.6. The largest absolute Gasteiger partial charge is 1.00 e. The number of nitrogens with one attached hydrogen (secondary N) is 1. The van der Waals surface area contributed by atoms with Crippen molar-refractivity contribution in [1.82, 2.24) is 10.2 Å². The zero-order valence-electron chi connectivity index (χ0n) is 13.6. The van der Waals surface area contributed by atoms with Gasteiger partial charge in [-0.2, -0.15) is 0 Å². The Balaban J connectivity index is 0.00000156. The highest BCUT2D eigenvalue weighted by Gasteiger charge is 2.11. The fourth-order valence-corrected chi connectivity index (χ4v) is 2.96. The van der Waals surface area contributed by atoms with Gasteiger partial charge < -0.3 is 39.3 Å².